The molecule has 1 heterocycles. The zero-order valence-electron chi connectivity index (χ0n) is 10.9. The van der Waals surface area contributed by atoms with E-state index < -0.39 is 6.10 Å². The Morgan fingerprint density at radius 2 is 2.00 bits per heavy atom. The number of ether oxygens (including phenoxy) is 1. The van der Waals surface area contributed by atoms with Crippen LogP contribution in [0, 0.1) is 17.1 Å². The van der Waals surface area contributed by atoms with Gasteiger partial charge in [0, 0.05) is 0 Å². The van der Waals surface area contributed by atoms with Crippen molar-refractivity contribution in [2.75, 3.05) is 0 Å². The molecule has 0 saturated carbocycles. The van der Waals surface area contributed by atoms with Gasteiger partial charge in [-0.3, -0.25) is 0 Å². The van der Waals surface area contributed by atoms with E-state index in [1.165, 1.54) is 36.0 Å². The number of benzene rings is 1. The van der Waals surface area contributed by atoms with Crippen LogP contribution in [0.5, 0.6) is 5.75 Å². The second-order valence-corrected chi connectivity index (χ2v) is 5.30. The molecule has 20 heavy (non-hydrogen) atoms. The van der Waals surface area contributed by atoms with E-state index in [1.807, 2.05) is 0 Å². The van der Waals surface area contributed by atoms with Crippen LogP contribution in [0.2, 0.25) is 0 Å². The number of hydrogen-bond acceptors (Lipinski definition) is 6. The van der Waals surface area contributed by atoms with E-state index in [9.17, 15) is 4.39 Å². The van der Waals surface area contributed by atoms with Crippen molar-refractivity contribution in [3.05, 3.63) is 36.0 Å². The summed E-state index contributed by atoms with van der Waals surface area (Å²) in [4.78, 5) is 0. The molecule has 1 aromatic heterocycles. The molecule has 2 atom stereocenters. The highest BCUT2D eigenvalue weighted by Gasteiger charge is 2.17. The summed E-state index contributed by atoms with van der Waals surface area (Å²) in [5, 5.41) is 16.5. The Morgan fingerprint density at radius 3 is 2.65 bits per heavy atom. The lowest BCUT2D eigenvalue weighted by Crippen LogP contribution is -2.03. The van der Waals surface area contributed by atoms with Gasteiger partial charge in [-0.15, -0.1) is 10.2 Å². The van der Waals surface area contributed by atoms with Gasteiger partial charge in [-0.2, -0.15) is 5.26 Å². The molecule has 5 nitrogen and oxygen atoms in total. The lowest BCUT2D eigenvalue weighted by atomic mass is 10.3. The molecule has 0 radical (unpaired) electrons. The zero-order chi connectivity index (χ0) is 14.5. The summed E-state index contributed by atoms with van der Waals surface area (Å²) in [6.45, 7) is 3.49. The molecule has 0 aliphatic rings. The number of nitriles is 1. The van der Waals surface area contributed by atoms with E-state index in [-0.39, 0.29) is 11.1 Å². The summed E-state index contributed by atoms with van der Waals surface area (Å²) >= 11 is 1.18. The number of hydrogen-bond donors (Lipinski definition) is 0. The van der Waals surface area contributed by atoms with Crippen molar-refractivity contribution in [2.24, 2.45) is 0 Å². The molecule has 0 unspecified atom stereocenters. The van der Waals surface area contributed by atoms with Crippen LogP contribution in [0.1, 0.15) is 25.8 Å². The van der Waals surface area contributed by atoms with Gasteiger partial charge in [-0.25, -0.2) is 4.39 Å². The Morgan fingerprint density at radius 1 is 1.30 bits per heavy atom. The summed E-state index contributed by atoms with van der Waals surface area (Å²) in [5.41, 5.74) is 0. The van der Waals surface area contributed by atoms with Crippen LogP contribution in [-0.4, -0.2) is 15.4 Å². The number of nitrogens with zero attached hydrogens (tertiary/aromatic N) is 3. The largest absolute Gasteiger partial charge is 0.481 e. The maximum absolute atomic E-state index is 12.8. The highest BCUT2D eigenvalue weighted by Crippen LogP contribution is 2.25. The Kier molecular flexibility index (Phi) is 4.58. The van der Waals surface area contributed by atoms with Crippen LogP contribution in [0.3, 0.4) is 0 Å². The summed E-state index contributed by atoms with van der Waals surface area (Å²) < 4.78 is 23.7. The highest BCUT2D eigenvalue weighted by atomic mass is 32.2. The van der Waals surface area contributed by atoms with Gasteiger partial charge >= 0.3 is 0 Å². The first kappa shape index (κ1) is 14.3. The van der Waals surface area contributed by atoms with Crippen molar-refractivity contribution in [1.29, 1.82) is 5.26 Å². The smallest absolute Gasteiger partial charge is 0.278 e. The SMILES string of the molecule is C[C@H](C#N)Sc1nnc([C@H](C)Oc2ccc(F)cc2)o1. The topological polar surface area (TPSA) is 71.9 Å². The summed E-state index contributed by atoms with van der Waals surface area (Å²) in [7, 11) is 0. The normalized spacial score (nSPS) is 13.5. The molecule has 0 bridgehead atoms. The standard InChI is InChI=1S/C13H12FN3O2S/c1-8(7-15)20-13-17-16-12(19-13)9(2)18-11-5-3-10(14)4-6-11/h3-6,8-9H,1-2H3/t8-,9+/m1/s1. The maximum atomic E-state index is 12.8. The van der Waals surface area contributed by atoms with E-state index in [1.54, 1.807) is 13.8 Å². The van der Waals surface area contributed by atoms with Crippen molar-refractivity contribution in [1.82, 2.24) is 10.2 Å². The van der Waals surface area contributed by atoms with Gasteiger partial charge in [0.1, 0.15) is 11.6 Å². The molecule has 1 aromatic carbocycles. The third kappa shape index (κ3) is 3.71. The Hall–Kier alpha value is -2.07. The Bertz CT molecular complexity index is 609. The van der Waals surface area contributed by atoms with Crippen molar-refractivity contribution in [3.8, 4) is 11.8 Å². The van der Waals surface area contributed by atoms with E-state index in [2.05, 4.69) is 16.3 Å². The monoisotopic (exact) mass is 293 g/mol. The Balaban J connectivity index is 2.01. The van der Waals surface area contributed by atoms with Gasteiger partial charge in [-0.05, 0) is 49.9 Å². The fraction of sp³-hybridized carbons (Fsp3) is 0.308. The first-order chi connectivity index (χ1) is 9.58. The fourth-order valence-electron chi connectivity index (χ4n) is 1.38. The number of halogens is 1. The van der Waals surface area contributed by atoms with Crippen LogP contribution in [0.15, 0.2) is 33.9 Å². The third-order valence-electron chi connectivity index (χ3n) is 2.36. The molecule has 0 aliphatic heterocycles. The van der Waals surface area contributed by atoms with Crippen LogP contribution in [-0.2, 0) is 0 Å². The van der Waals surface area contributed by atoms with E-state index in [4.69, 9.17) is 14.4 Å². The molecule has 0 saturated heterocycles. The summed E-state index contributed by atoms with van der Waals surface area (Å²) in [6, 6.07) is 7.73. The number of rotatable bonds is 5. The quantitative estimate of drug-likeness (QED) is 0.787. The second-order valence-electron chi connectivity index (χ2n) is 4.01. The van der Waals surface area contributed by atoms with Gasteiger partial charge in [0.15, 0.2) is 6.10 Å². The average molecular weight is 293 g/mol. The molecule has 104 valence electrons. The molecule has 0 fully saturated rings. The highest BCUT2D eigenvalue weighted by molar-refractivity contribution is 7.99. The minimum Gasteiger partial charge on any atom is -0.481 e. The van der Waals surface area contributed by atoms with Crippen molar-refractivity contribution >= 4 is 11.8 Å². The number of thioether (sulfide) groups is 1. The second kappa shape index (κ2) is 6.39. The molecule has 0 spiro atoms. The third-order valence-corrected chi connectivity index (χ3v) is 3.18. The van der Waals surface area contributed by atoms with Crippen LogP contribution in [0.4, 0.5) is 4.39 Å². The van der Waals surface area contributed by atoms with E-state index in [0.29, 0.717) is 16.9 Å². The van der Waals surface area contributed by atoms with Gasteiger partial charge in [-0.1, -0.05) is 0 Å². The van der Waals surface area contributed by atoms with Gasteiger partial charge in [0.2, 0.25) is 0 Å². The van der Waals surface area contributed by atoms with Crippen LogP contribution in [0.25, 0.3) is 0 Å². The molecule has 0 N–H and O–H groups in total. The molecular weight excluding hydrogens is 281 g/mol. The zero-order valence-corrected chi connectivity index (χ0v) is 11.7. The predicted octanol–water partition coefficient (Wildman–Crippen LogP) is 3.35. The van der Waals surface area contributed by atoms with Crippen LogP contribution < -0.4 is 4.74 Å². The summed E-state index contributed by atoms with van der Waals surface area (Å²) in [6.07, 6.45) is -0.459. The van der Waals surface area contributed by atoms with E-state index >= 15 is 0 Å². The maximum Gasteiger partial charge on any atom is 0.278 e. The lowest BCUT2D eigenvalue weighted by Gasteiger charge is -2.10. The average Bonchev–Trinajstić information content (AvgIpc) is 2.89. The van der Waals surface area contributed by atoms with Crippen molar-refractivity contribution in [2.45, 2.75) is 30.4 Å². The molecule has 0 amide bonds. The van der Waals surface area contributed by atoms with Gasteiger partial charge < -0.3 is 9.15 Å². The minimum atomic E-state index is -0.459. The summed E-state index contributed by atoms with van der Waals surface area (Å²) in [5.74, 6) is 0.491. The fourth-order valence-corrected chi connectivity index (χ4v) is 1.95. The number of aromatic nitrogens is 2. The van der Waals surface area contributed by atoms with Crippen LogP contribution >= 0.6 is 11.8 Å². The molecule has 0 aliphatic carbocycles. The first-order valence-corrected chi connectivity index (χ1v) is 6.78. The minimum absolute atomic E-state index is 0.267. The lowest BCUT2D eigenvalue weighted by molar-refractivity contribution is 0.181. The van der Waals surface area contributed by atoms with Gasteiger partial charge in [0.05, 0.1) is 11.3 Å². The van der Waals surface area contributed by atoms with Crippen molar-refractivity contribution in [3.63, 3.8) is 0 Å². The first-order valence-electron chi connectivity index (χ1n) is 5.90. The molecule has 2 rings (SSSR count). The molecule has 2 aromatic rings. The van der Waals surface area contributed by atoms with E-state index in [0.717, 1.165) is 0 Å². The molecule has 7 heteroatoms. The predicted molar refractivity (Wildman–Crippen MR) is 70.7 cm³/mol. The Labute approximate surface area is 119 Å². The van der Waals surface area contributed by atoms with Gasteiger partial charge in [0.25, 0.3) is 11.1 Å². The van der Waals surface area contributed by atoms with Crippen molar-refractivity contribution < 1.29 is 13.5 Å². The molecular formula is C13H12FN3O2S.